The summed E-state index contributed by atoms with van der Waals surface area (Å²) in [4.78, 5) is 11.9. The second-order valence-electron chi connectivity index (χ2n) is 8.14. The Morgan fingerprint density at radius 3 is 1.61 bits per heavy atom. The smallest absolute Gasteiger partial charge is 0.311 e. The van der Waals surface area contributed by atoms with Gasteiger partial charge in [-0.2, -0.15) is 0 Å². The molecule has 0 heterocycles. The van der Waals surface area contributed by atoms with Crippen LogP contribution >= 0.6 is 0 Å². The lowest BCUT2D eigenvalue weighted by molar-refractivity contribution is -0.134. The summed E-state index contributed by atoms with van der Waals surface area (Å²) in [7, 11) is 0. The van der Waals surface area contributed by atoms with Crippen LogP contribution in [0.25, 0.3) is 0 Å². The third-order valence-corrected chi connectivity index (χ3v) is 5.43. The number of carbonyl (C=O) groups excluding carboxylic acids is 1. The van der Waals surface area contributed by atoms with Crippen molar-refractivity contribution in [3.8, 4) is 5.75 Å². The molecule has 0 amide bonds. The molecule has 1 aromatic carbocycles. The molecule has 0 saturated heterocycles. The molecule has 0 aromatic heterocycles. The molecular weight excluding hydrogens is 344 g/mol. The number of carbonyl (C=O) groups is 1. The molecule has 0 spiro atoms. The maximum atomic E-state index is 11.9. The van der Waals surface area contributed by atoms with Crippen LogP contribution in [0.3, 0.4) is 0 Å². The molecule has 0 aliphatic carbocycles. The van der Waals surface area contributed by atoms with Crippen LogP contribution in [-0.4, -0.2) is 5.97 Å². The van der Waals surface area contributed by atoms with Crippen molar-refractivity contribution in [3.05, 3.63) is 36.8 Å². The molecule has 0 fully saturated rings. The lowest BCUT2D eigenvalue weighted by Gasteiger charge is -2.07. The van der Waals surface area contributed by atoms with E-state index in [4.69, 9.17) is 4.74 Å². The minimum Gasteiger partial charge on any atom is -0.426 e. The van der Waals surface area contributed by atoms with Gasteiger partial charge in [-0.05, 0) is 25.0 Å². The second-order valence-corrected chi connectivity index (χ2v) is 8.14. The summed E-state index contributed by atoms with van der Waals surface area (Å²) >= 11 is 0. The fraction of sp³-hybridized carbons (Fsp3) is 0.692. The molecule has 0 unspecified atom stereocenters. The Balaban J connectivity index is 1.81. The topological polar surface area (TPSA) is 26.3 Å². The molecule has 0 atom stereocenters. The zero-order chi connectivity index (χ0) is 20.3. The average molecular weight is 388 g/mol. The van der Waals surface area contributed by atoms with E-state index in [1.54, 1.807) is 6.07 Å². The molecule has 28 heavy (non-hydrogen) atoms. The van der Waals surface area contributed by atoms with Crippen LogP contribution < -0.4 is 4.74 Å². The van der Waals surface area contributed by atoms with E-state index < -0.39 is 0 Å². The van der Waals surface area contributed by atoms with Crippen LogP contribution in [-0.2, 0) is 4.79 Å². The van der Waals surface area contributed by atoms with Crippen molar-refractivity contribution < 1.29 is 9.53 Å². The molecule has 1 aromatic rings. The van der Waals surface area contributed by atoms with Gasteiger partial charge in [0.15, 0.2) is 0 Å². The summed E-state index contributed by atoms with van der Waals surface area (Å²) in [5.74, 6) is 0.449. The van der Waals surface area contributed by atoms with Crippen molar-refractivity contribution in [2.24, 2.45) is 0 Å². The minimum atomic E-state index is -0.138. The fourth-order valence-corrected chi connectivity index (χ4v) is 3.59. The molecule has 0 aliphatic heterocycles. The van der Waals surface area contributed by atoms with Crippen molar-refractivity contribution in [2.75, 3.05) is 0 Å². The van der Waals surface area contributed by atoms with Crippen molar-refractivity contribution in [1.29, 1.82) is 0 Å². The van der Waals surface area contributed by atoms with Crippen LogP contribution in [0, 0.1) is 6.92 Å². The van der Waals surface area contributed by atoms with Gasteiger partial charge in [-0.15, -0.1) is 0 Å². The first-order valence-electron chi connectivity index (χ1n) is 11.9. The lowest BCUT2D eigenvalue weighted by Crippen LogP contribution is -2.08. The van der Waals surface area contributed by atoms with E-state index in [2.05, 4.69) is 13.8 Å². The summed E-state index contributed by atoms with van der Waals surface area (Å²) in [6.45, 7) is 6.16. The van der Waals surface area contributed by atoms with Gasteiger partial charge in [0, 0.05) is 6.42 Å². The van der Waals surface area contributed by atoms with Gasteiger partial charge in [-0.1, -0.05) is 121 Å². The monoisotopic (exact) mass is 387 g/mol. The number of unbranched alkanes of at least 4 members (excludes halogenated alkanes) is 15. The van der Waals surface area contributed by atoms with E-state index in [0.717, 1.165) is 18.4 Å². The normalized spacial score (nSPS) is 10.9. The molecule has 2 nitrogen and oxygen atoms in total. The molecule has 1 radical (unpaired) electrons. The second kappa shape index (κ2) is 17.8. The summed E-state index contributed by atoms with van der Waals surface area (Å²) in [5.41, 5.74) is 0.767. The number of hydrogen-bond donors (Lipinski definition) is 0. The van der Waals surface area contributed by atoms with Gasteiger partial charge in [0.25, 0.3) is 0 Å². The van der Waals surface area contributed by atoms with Crippen LogP contribution in [0.15, 0.2) is 24.3 Å². The lowest BCUT2D eigenvalue weighted by atomic mass is 10.0. The molecule has 0 N–H and O–H groups in total. The third kappa shape index (κ3) is 13.8. The predicted octanol–water partition coefficient (Wildman–Crippen LogP) is 8.43. The Morgan fingerprint density at radius 2 is 1.14 bits per heavy atom. The van der Waals surface area contributed by atoms with Crippen LogP contribution in [0.1, 0.15) is 122 Å². The Hall–Kier alpha value is -1.31. The molecule has 0 saturated carbocycles. The first-order valence-corrected chi connectivity index (χ1v) is 11.9. The quantitative estimate of drug-likeness (QED) is 0.143. The van der Waals surface area contributed by atoms with Crippen molar-refractivity contribution in [1.82, 2.24) is 0 Å². The Bertz CT molecular complexity index is 495. The van der Waals surface area contributed by atoms with Crippen molar-refractivity contribution >= 4 is 5.97 Å². The summed E-state index contributed by atoms with van der Waals surface area (Å²) in [6, 6.07) is 7.42. The summed E-state index contributed by atoms with van der Waals surface area (Å²) in [6.07, 6.45) is 22.0. The Morgan fingerprint density at radius 1 is 0.714 bits per heavy atom. The number of para-hydroxylation sites is 1. The molecule has 1 rings (SSSR count). The fourth-order valence-electron chi connectivity index (χ4n) is 3.59. The van der Waals surface area contributed by atoms with E-state index in [1.807, 2.05) is 18.2 Å². The molecule has 159 valence electrons. The standard InChI is InChI=1S/C26H43O2/c1-3-4-5-6-7-8-9-10-11-12-13-14-15-16-17-18-23-26(27)28-25-22-20-19-21-24(25)2/h19-22H,2-18,23H2,1H3. The first kappa shape index (κ1) is 24.7. The highest BCUT2D eigenvalue weighted by molar-refractivity contribution is 5.72. The van der Waals surface area contributed by atoms with E-state index in [0.29, 0.717) is 12.2 Å². The average Bonchev–Trinajstić information content (AvgIpc) is 2.69. The number of rotatable bonds is 18. The van der Waals surface area contributed by atoms with Crippen molar-refractivity contribution in [3.63, 3.8) is 0 Å². The zero-order valence-corrected chi connectivity index (χ0v) is 18.4. The highest BCUT2D eigenvalue weighted by Gasteiger charge is 2.06. The third-order valence-electron chi connectivity index (χ3n) is 5.43. The van der Waals surface area contributed by atoms with Gasteiger partial charge < -0.3 is 4.74 Å². The van der Waals surface area contributed by atoms with Gasteiger partial charge in [0.05, 0.1) is 0 Å². The Kier molecular flexibility index (Phi) is 15.7. The predicted molar refractivity (Wildman–Crippen MR) is 121 cm³/mol. The number of esters is 1. The maximum absolute atomic E-state index is 11.9. The maximum Gasteiger partial charge on any atom is 0.311 e. The van der Waals surface area contributed by atoms with Gasteiger partial charge in [0.2, 0.25) is 0 Å². The molecule has 0 aliphatic rings. The van der Waals surface area contributed by atoms with Gasteiger partial charge >= 0.3 is 5.97 Å². The van der Waals surface area contributed by atoms with Gasteiger partial charge in [-0.25, -0.2) is 0 Å². The van der Waals surface area contributed by atoms with E-state index in [1.165, 1.54) is 89.9 Å². The number of ether oxygens (including phenoxy) is 1. The number of benzene rings is 1. The van der Waals surface area contributed by atoms with E-state index >= 15 is 0 Å². The SMILES string of the molecule is [CH2]c1ccccc1OC(=O)CCCCCCCCCCCCCCCCCC. The van der Waals surface area contributed by atoms with Crippen LogP contribution in [0.5, 0.6) is 5.75 Å². The summed E-state index contributed by atoms with van der Waals surface area (Å²) < 4.78 is 5.37. The Labute approximate surface area is 174 Å². The van der Waals surface area contributed by atoms with Crippen LogP contribution in [0.4, 0.5) is 0 Å². The van der Waals surface area contributed by atoms with Crippen LogP contribution in [0.2, 0.25) is 0 Å². The van der Waals surface area contributed by atoms with Gasteiger partial charge in [-0.3, -0.25) is 4.79 Å². The van der Waals surface area contributed by atoms with E-state index in [-0.39, 0.29) is 5.97 Å². The molecule has 2 heteroatoms. The zero-order valence-electron chi connectivity index (χ0n) is 18.4. The minimum absolute atomic E-state index is 0.138. The molecule has 0 bridgehead atoms. The van der Waals surface area contributed by atoms with Gasteiger partial charge in [0.1, 0.15) is 5.75 Å². The highest BCUT2D eigenvalue weighted by atomic mass is 16.5. The largest absolute Gasteiger partial charge is 0.426 e. The summed E-state index contributed by atoms with van der Waals surface area (Å²) in [5, 5.41) is 0. The highest BCUT2D eigenvalue weighted by Crippen LogP contribution is 2.18. The first-order chi connectivity index (χ1) is 13.7. The van der Waals surface area contributed by atoms with E-state index in [9.17, 15) is 4.79 Å². The van der Waals surface area contributed by atoms with Crippen molar-refractivity contribution in [2.45, 2.75) is 116 Å². The molecular formula is C26H43O2. The number of hydrogen-bond acceptors (Lipinski definition) is 2.